The molecule has 1 saturated carbocycles. The Morgan fingerprint density at radius 1 is 1.15 bits per heavy atom. The molecule has 3 heterocycles. The highest BCUT2D eigenvalue weighted by Gasteiger charge is 2.48. The molecular weight excluding hydrogens is 432 g/mol. The molecule has 0 saturated heterocycles. The standard InChI is InChI=1S/C26H30N4O4/c1-26(25(32)28-17-8-4-5-9-17)16-29-20(24(31)30(26)15-18-10-6-7-13-27-18)14-19-21(33-2)11-12-22(34-3)23(19)29/h6-7,10-14,17H,4-5,8-9,15-16H2,1-3H3,(H,28,32). The first-order valence-corrected chi connectivity index (χ1v) is 11.7. The van der Waals surface area contributed by atoms with Crippen molar-refractivity contribution in [1.29, 1.82) is 0 Å². The second kappa shape index (κ2) is 8.66. The zero-order chi connectivity index (χ0) is 23.9. The molecule has 8 nitrogen and oxygen atoms in total. The maximum absolute atomic E-state index is 14.0. The number of nitrogens with one attached hydrogen (secondary N) is 1. The highest BCUT2D eigenvalue weighted by Crippen LogP contribution is 2.40. The minimum atomic E-state index is -1.11. The first kappa shape index (κ1) is 22.3. The fourth-order valence-corrected chi connectivity index (χ4v) is 5.27. The Kier molecular flexibility index (Phi) is 5.67. The number of hydrogen-bond donors (Lipinski definition) is 1. The Balaban J connectivity index is 1.64. The molecule has 2 amide bonds. The first-order valence-electron chi connectivity index (χ1n) is 11.7. The molecule has 5 rings (SSSR count). The van der Waals surface area contributed by atoms with Crippen LogP contribution in [-0.4, -0.2) is 52.1 Å². The van der Waals surface area contributed by atoms with Gasteiger partial charge in [-0.15, -0.1) is 0 Å². The zero-order valence-electron chi connectivity index (χ0n) is 19.8. The number of carbonyl (C=O) groups is 2. The largest absolute Gasteiger partial charge is 0.496 e. The second-order valence-corrected chi connectivity index (χ2v) is 9.29. The van der Waals surface area contributed by atoms with Crippen LogP contribution in [-0.2, 0) is 17.9 Å². The summed E-state index contributed by atoms with van der Waals surface area (Å²) < 4.78 is 13.1. The smallest absolute Gasteiger partial charge is 0.271 e. The van der Waals surface area contributed by atoms with E-state index in [1.165, 1.54) is 0 Å². The van der Waals surface area contributed by atoms with Crippen LogP contribution < -0.4 is 14.8 Å². The Labute approximate surface area is 198 Å². The number of nitrogens with zero attached hydrogens (tertiary/aromatic N) is 3. The van der Waals surface area contributed by atoms with Gasteiger partial charge in [0.25, 0.3) is 5.91 Å². The molecule has 2 aliphatic rings. The van der Waals surface area contributed by atoms with Gasteiger partial charge < -0.3 is 24.3 Å². The van der Waals surface area contributed by atoms with Crippen molar-refractivity contribution in [1.82, 2.24) is 19.8 Å². The second-order valence-electron chi connectivity index (χ2n) is 9.29. The number of methoxy groups -OCH3 is 2. The molecule has 1 unspecified atom stereocenters. The predicted octanol–water partition coefficient (Wildman–Crippen LogP) is 3.53. The monoisotopic (exact) mass is 462 g/mol. The Morgan fingerprint density at radius 3 is 2.56 bits per heavy atom. The molecule has 1 aliphatic heterocycles. The lowest BCUT2D eigenvalue weighted by molar-refractivity contribution is -0.133. The quantitative estimate of drug-likeness (QED) is 0.606. The van der Waals surface area contributed by atoms with Crippen LogP contribution >= 0.6 is 0 Å². The summed E-state index contributed by atoms with van der Waals surface area (Å²) in [5.74, 6) is 0.921. The highest BCUT2D eigenvalue weighted by atomic mass is 16.5. The highest BCUT2D eigenvalue weighted by molar-refractivity contribution is 6.05. The number of hydrogen-bond acceptors (Lipinski definition) is 5. The van der Waals surface area contributed by atoms with Crippen LogP contribution in [0.1, 0.15) is 48.8 Å². The van der Waals surface area contributed by atoms with Crippen LogP contribution in [0, 0.1) is 0 Å². The maximum atomic E-state index is 14.0. The number of rotatable bonds is 6. The summed E-state index contributed by atoms with van der Waals surface area (Å²) >= 11 is 0. The summed E-state index contributed by atoms with van der Waals surface area (Å²) in [4.78, 5) is 33.8. The maximum Gasteiger partial charge on any atom is 0.271 e. The molecule has 178 valence electrons. The van der Waals surface area contributed by atoms with E-state index in [4.69, 9.17) is 9.47 Å². The minimum absolute atomic E-state index is 0.141. The van der Waals surface area contributed by atoms with Crippen molar-refractivity contribution in [3.05, 3.63) is 54.0 Å². The SMILES string of the molecule is COc1ccc(OC)c2c1cc1n2CC(C)(C(=O)NC2CCCC2)N(Cc2ccccn2)C1=O. The molecule has 0 radical (unpaired) electrons. The number of amides is 2. The molecule has 3 aromatic rings. The van der Waals surface area contributed by atoms with Crippen LogP contribution in [0.15, 0.2) is 42.6 Å². The van der Waals surface area contributed by atoms with Crippen molar-refractivity contribution in [3.8, 4) is 11.5 Å². The van der Waals surface area contributed by atoms with Gasteiger partial charge in [-0.05, 0) is 50.1 Å². The number of ether oxygens (including phenoxy) is 2. The van der Waals surface area contributed by atoms with E-state index < -0.39 is 5.54 Å². The Hall–Kier alpha value is -3.55. The van der Waals surface area contributed by atoms with Gasteiger partial charge in [0.15, 0.2) is 0 Å². The molecule has 1 aromatic carbocycles. The van der Waals surface area contributed by atoms with E-state index in [9.17, 15) is 9.59 Å². The van der Waals surface area contributed by atoms with E-state index in [0.717, 1.165) is 42.3 Å². The molecule has 0 spiro atoms. The molecule has 2 aromatic heterocycles. The summed E-state index contributed by atoms with van der Waals surface area (Å²) in [6, 6.07) is 11.2. The molecule has 34 heavy (non-hydrogen) atoms. The molecular formula is C26H30N4O4. The summed E-state index contributed by atoms with van der Waals surface area (Å²) in [6.45, 7) is 2.39. The van der Waals surface area contributed by atoms with Crippen LogP contribution in [0.2, 0.25) is 0 Å². The Morgan fingerprint density at radius 2 is 1.88 bits per heavy atom. The van der Waals surface area contributed by atoms with E-state index in [1.54, 1.807) is 25.3 Å². The lowest BCUT2D eigenvalue weighted by Crippen LogP contribution is -2.64. The van der Waals surface area contributed by atoms with Gasteiger partial charge in [-0.3, -0.25) is 14.6 Å². The van der Waals surface area contributed by atoms with Gasteiger partial charge in [-0.1, -0.05) is 18.9 Å². The van der Waals surface area contributed by atoms with Crippen molar-refractivity contribution in [2.75, 3.05) is 14.2 Å². The van der Waals surface area contributed by atoms with E-state index in [0.29, 0.717) is 23.7 Å². The zero-order valence-corrected chi connectivity index (χ0v) is 19.8. The first-order chi connectivity index (χ1) is 16.5. The fraction of sp³-hybridized carbons (Fsp3) is 0.423. The van der Waals surface area contributed by atoms with Gasteiger partial charge in [0.05, 0.1) is 38.5 Å². The minimum Gasteiger partial charge on any atom is -0.496 e. The number of carbonyl (C=O) groups excluding carboxylic acids is 2. The third-order valence-electron chi connectivity index (χ3n) is 7.17. The van der Waals surface area contributed by atoms with Crippen LogP contribution in [0.5, 0.6) is 11.5 Å². The number of pyridine rings is 1. The van der Waals surface area contributed by atoms with Crippen LogP contribution in [0.4, 0.5) is 0 Å². The van der Waals surface area contributed by atoms with Crippen molar-refractivity contribution in [2.45, 2.75) is 57.3 Å². The van der Waals surface area contributed by atoms with E-state index >= 15 is 0 Å². The van der Waals surface area contributed by atoms with Gasteiger partial charge in [0.2, 0.25) is 5.91 Å². The van der Waals surface area contributed by atoms with E-state index in [1.807, 2.05) is 47.9 Å². The molecule has 0 bridgehead atoms. The van der Waals surface area contributed by atoms with Gasteiger partial charge in [0.1, 0.15) is 22.7 Å². The van der Waals surface area contributed by atoms with Crippen molar-refractivity contribution in [3.63, 3.8) is 0 Å². The predicted molar refractivity (Wildman–Crippen MR) is 128 cm³/mol. The van der Waals surface area contributed by atoms with Crippen molar-refractivity contribution >= 4 is 22.7 Å². The van der Waals surface area contributed by atoms with E-state index in [2.05, 4.69) is 10.3 Å². The molecule has 1 N–H and O–H groups in total. The summed E-state index contributed by atoms with van der Waals surface area (Å²) in [7, 11) is 3.21. The van der Waals surface area contributed by atoms with Gasteiger partial charge >= 0.3 is 0 Å². The topological polar surface area (TPSA) is 85.7 Å². The average Bonchev–Trinajstić information content (AvgIpc) is 3.50. The van der Waals surface area contributed by atoms with E-state index in [-0.39, 0.29) is 24.4 Å². The third-order valence-corrected chi connectivity index (χ3v) is 7.17. The summed E-state index contributed by atoms with van der Waals surface area (Å²) in [5, 5.41) is 4.01. The average molecular weight is 463 g/mol. The number of aromatic nitrogens is 2. The van der Waals surface area contributed by atoms with Crippen molar-refractivity contribution < 1.29 is 19.1 Å². The van der Waals surface area contributed by atoms with Crippen molar-refractivity contribution in [2.24, 2.45) is 0 Å². The summed E-state index contributed by atoms with van der Waals surface area (Å²) in [5.41, 5.74) is 0.877. The number of fused-ring (bicyclic) bond motifs is 3. The normalized spacial score (nSPS) is 20.4. The lowest BCUT2D eigenvalue weighted by atomic mass is 9.93. The molecule has 8 heteroatoms. The fourth-order valence-electron chi connectivity index (χ4n) is 5.27. The Bertz CT molecular complexity index is 1230. The molecule has 1 atom stereocenters. The summed E-state index contributed by atoms with van der Waals surface area (Å²) in [6.07, 6.45) is 5.87. The number of benzene rings is 1. The third kappa shape index (κ3) is 3.57. The lowest BCUT2D eigenvalue weighted by Gasteiger charge is -2.44. The van der Waals surface area contributed by atoms with Crippen LogP contribution in [0.25, 0.3) is 10.9 Å². The van der Waals surface area contributed by atoms with Crippen LogP contribution in [0.3, 0.4) is 0 Å². The van der Waals surface area contributed by atoms with Gasteiger partial charge in [-0.2, -0.15) is 0 Å². The molecule has 1 fully saturated rings. The molecule has 1 aliphatic carbocycles. The van der Waals surface area contributed by atoms with Gasteiger partial charge in [-0.25, -0.2) is 0 Å². The van der Waals surface area contributed by atoms with Gasteiger partial charge in [0, 0.05) is 17.6 Å².